The minimum Gasteiger partial charge on any atom is -0.393 e. The normalized spacial score (nSPS) is 29.8. The maximum atomic E-state index is 12.6. The van der Waals surface area contributed by atoms with Crippen molar-refractivity contribution in [1.82, 2.24) is 14.7 Å². The van der Waals surface area contributed by atoms with Crippen LogP contribution >= 0.6 is 0 Å². The quantitative estimate of drug-likeness (QED) is 0.918. The van der Waals surface area contributed by atoms with Crippen LogP contribution in [0.1, 0.15) is 44.2 Å². The Balaban J connectivity index is 1.66. The topological polar surface area (TPSA) is 58.4 Å². The number of nitrogens with zero attached hydrogens (tertiary/aromatic N) is 3. The van der Waals surface area contributed by atoms with Crippen LogP contribution in [0, 0.1) is 5.92 Å². The molecule has 2 fully saturated rings. The predicted molar refractivity (Wildman–Crippen MR) is 79.6 cm³/mol. The van der Waals surface area contributed by atoms with E-state index in [0.717, 1.165) is 44.3 Å². The van der Waals surface area contributed by atoms with Crippen LogP contribution < -0.4 is 0 Å². The van der Waals surface area contributed by atoms with E-state index in [9.17, 15) is 9.90 Å². The van der Waals surface area contributed by atoms with Crippen LogP contribution in [0.5, 0.6) is 0 Å². The largest absolute Gasteiger partial charge is 0.393 e. The zero-order valence-electron chi connectivity index (χ0n) is 12.7. The lowest BCUT2D eigenvalue weighted by atomic mass is 9.80. The second-order valence-electron chi connectivity index (χ2n) is 6.47. The van der Waals surface area contributed by atoms with Gasteiger partial charge >= 0.3 is 0 Å². The molecule has 2 aliphatic rings. The number of carbonyl (C=O) groups excluding carboxylic acids is 1. The molecule has 1 N–H and O–H groups in total. The number of aromatic nitrogens is 2. The van der Waals surface area contributed by atoms with Gasteiger partial charge in [-0.25, -0.2) is 0 Å². The Morgan fingerprint density at radius 2 is 2.14 bits per heavy atom. The first-order valence-corrected chi connectivity index (χ1v) is 8.11. The second-order valence-corrected chi connectivity index (χ2v) is 6.47. The number of aliphatic hydroxyl groups is 1. The molecule has 5 heteroatoms. The Bertz CT molecular complexity index is 499. The summed E-state index contributed by atoms with van der Waals surface area (Å²) < 4.78 is 1.73. The highest BCUT2D eigenvalue weighted by molar-refractivity contribution is 5.79. The molecule has 1 aliphatic heterocycles. The van der Waals surface area contributed by atoms with Gasteiger partial charge in [-0.05, 0) is 31.7 Å². The van der Waals surface area contributed by atoms with E-state index in [2.05, 4.69) is 5.10 Å². The molecule has 0 spiro atoms. The molecule has 0 unspecified atom stereocenters. The molecule has 0 aromatic carbocycles. The van der Waals surface area contributed by atoms with E-state index in [1.807, 2.05) is 24.2 Å². The summed E-state index contributed by atoms with van der Waals surface area (Å²) in [5.41, 5.74) is 0.831. The molecule has 1 amide bonds. The lowest BCUT2D eigenvalue weighted by Gasteiger charge is -2.37. The smallest absolute Gasteiger partial charge is 0.228 e. The van der Waals surface area contributed by atoms with Gasteiger partial charge in [0, 0.05) is 31.7 Å². The zero-order chi connectivity index (χ0) is 14.8. The van der Waals surface area contributed by atoms with Crippen molar-refractivity contribution in [2.24, 2.45) is 13.0 Å². The standard InChI is InChI=1S/C16H25N3O2/c1-18-10-8-12(17-18)11-16(21)19-9-4-6-14(19)13-5-2-3-7-15(13)20/h8,10,13-15,20H,2-7,9,11H2,1H3/t13-,14-,15-/m1/s1. The Labute approximate surface area is 125 Å². The van der Waals surface area contributed by atoms with E-state index in [0.29, 0.717) is 6.42 Å². The Morgan fingerprint density at radius 1 is 1.33 bits per heavy atom. The van der Waals surface area contributed by atoms with E-state index < -0.39 is 0 Å². The van der Waals surface area contributed by atoms with E-state index in [4.69, 9.17) is 0 Å². The summed E-state index contributed by atoms with van der Waals surface area (Å²) in [6.07, 6.45) is 8.36. The zero-order valence-corrected chi connectivity index (χ0v) is 12.7. The van der Waals surface area contributed by atoms with Gasteiger partial charge in [0.05, 0.1) is 18.2 Å². The van der Waals surface area contributed by atoms with Gasteiger partial charge in [-0.15, -0.1) is 0 Å². The molecule has 1 saturated carbocycles. The number of carbonyl (C=O) groups is 1. The molecule has 3 rings (SSSR count). The highest BCUT2D eigenvalue weighted by Crippen LogP contribution is 2.34. The minimum absolute atomic E-state index is 0.161. The molecule has 1 saturated heterocycles. The summed E-state index contributed by atoms with van der Waals surface area (Å²) in [6, 6.07) is 2.13. The van der Waals surface area contributed by atoms with Gasteiger partial charge in [0.2, 0.25) is 5.91 Å². The molecule has 1 aromatic heterocycles. The molecule has 3 atom stereocenters. The molecule has 0 radical (unpaired) electrons. The molecule has 1 aromatic rings. The van der Waals surface area contributed by atoms with E-state index in [-0.39, 0.29) is 24.0 Å². The third kappa shape index (κ3) is 3.12. The first-order chi connectivity index (χ1) is 10.1. The van der Waals surface area contributed by atoms with Crippen LogP contribution in [0.15, 0.2) is 12.3 Å². The highest BCUT2D eigenvalue weighted by atomic mass is 16.3. The molecule has 0 bridgehead atoms. The number of amides is 1. The van der Waals surface area contributed by atoms with Crippen LogP contribution in [-0.4, -0.2) is 44.4 Å². The summed E-state index contributed by atoms with van der Waals surface area (Å²) in [6.45, 7) is 0.833. The number of aryl methyl sites for hydroxylation is 1. The fourth-order valence-corrected chi connectivity index (χ4v) is 3.95. The van der Waals surface area contributed by atoms with Crippen molar-refractivity contribution in [1.29, 1.82) is 0 Å². The summed E-state index contributed by atoms with van der Waals surface area (Å²) in [5, 5.41) is 14.6. The van der Waals surface area contributed by atoms with Crippen molar-refractivity contribution in [2.75, 3.05) is 6.54 Å². The second kappa shape index (κ2) is 6.18. The maximum absolute atomic E-state index is 12.6. The number of hydrogen-bond donors (Lipinski definition) is 1. The van der Waals surface area contributed by atoms with Crippen LogP contribution in [0.2, 0.25) is 0 Å². The van der Waals surface area contributed by atoms with Crippen molar-refractivity contribution in [3.8, 4) is 0 Å². The molecule has 5 nitrogen and oxygen atoms in total. The summed E-state index contributed by atoms with van der Waals surface area (Å²) in [7, 11) is 1.87. The number of hydrogen-bond acceptors (Lipinski definition) is 3. The van der Waals surface area contributed by atoms with Crippen molar-refractivity contribution in [2.45, 2.75) is 57.1 Å². The molecule has 116 valence electrons. The van der Waals surface area contributed by atoms with E-state index in [1.54, 1.807) is 4.68 Å². The lowest BCUT2D eigenvalue weighted by Crippen LogP contribution is -2.45. The lowest BCUT2D eigenvalue weighted by molar-refractivity contribution is -0.133. The molecule has 21 heavy (non-hydrogen) atoms. The average molecular weight is 291 g/mol. The maximum Gasteiger partial charge on any atom is 0.228 e. The fourth-order valence-electron chi connectivity index (χ4n) is 3.95. The van der Waals surface area contributed by atoms with E-state index in [1.165, 1.54) is 6.42 Å². The summed E-state index contributed by atoms with van der Waals surface area (Å²) >= 11 is 0. The summed E-state index contributed by atoms with van der Waals surface area (Å²) in [5.74, 6) is 0.433. The van der Waals surface area contributed by atoms with Crippen LogP contribution in [0.25, 0.3) is 0 Å². The van der Waals surface area contributed by atoms with Gasteiger partial charge in [-0.1, -0.05) is 12.8 Å². The minimum atomic E-state index is -0.230. The van der Waals surface area contributed by atoms with Crippen molar-refractivity contribution in [3.63, 3.8) is 0 Å². The third-order valence-corrected chi connectivity index (χ3v) is 5.00. The Hall–Kier alpha value is -1.36. The predicted octanol–water partition coefficient (Wildman–Crippen LogP) is 1.50. The summed E-state index contributed by atoms with van der Waals surface area (Å²) in [4.78, 5) is 14.6. The van der Waals surface area contributed by atoms with Gasteiger partial charge in [0.25, 0.3) is 0 Å². The molecular weight excluding hydrogens is 266 g/mol. The van der Waals surface area contributed by atoms with Crippen LogP contribution in [0.4, 0.5) is 0 Å². The van der Waals surface area contributed by atoms with Crippen molar-refractivity contribution >= 4 is 5.91 Å². The fraction of sp³-hybridized carbons (Fsp3) is 0.750. The SMILES string of the molecule is Cn1ccc(CC(=O)N2CCC[C@@H]2[C@H]2CCCC[C@H]2O)n1. The Kier molecular flexibility index (Phi) is 4.29. The first kappa shape index (κ1) is 14.6. The number of rotatable bonds is 3. The number of aliphatic hydroxyl groups excluding tert-OH is 1. The van der Waals surface area contributed by atoms with Gasteiger partial charge in [-0.3, -0.25) is 9.48 Å². The Morgan fingerprint density at radius 3 is 2.86 bits per heavy atom. The molecular formula is C16H25N3O2. The molecule has 2 heterocycles. The average Bonchev–Trinajstić information content (AvgIpc) is 3.08. The van der Waals surface area contributed by atoms with Gasteiger partial charge in [0.1, 0.15) is 0 Å². The van der Waals surface area contributed by atoms with Crippen molar-refractivity contribution in [3.05, 3.63) is 18.0 Å². The van der Waals surface area contributed by atoms with E-state index >= 15 is 0 Å². The first-order valence-electron chi connectivity index (χ1n) is 8.11. The third-order valence-electron chi connectivity index (χ3n) is 5.00. The van der Waals surface area contributed by atoms with Gasteiger partial charge < -0.3 is 10.0 Å². The monoisotopic (exact) mass is 291 g/mol. The highest BCUT2D eigenvalue weighted by Gasteiger charge is 2.38. The van der Waals surface area contributed by atoms with Gasteiger partial charge in [-0.2, -0.15) is 5.10 Å². The van der Waals surface area contributed by atoms with Crippen LogP contribution in [-0.2, 0) is 18.3 Å². The van der Waals surface area contributed by atoms with Crippen molar-refractivity contribution < 1.29 is 9.90 Å². The van der Waals surface area contributed by atoms with Crippen LogP contribution in [0.3, 0.4) is 0 Å². The van der Waals surface area contributed by atoms with Gasteiger partial charge in [0.15, 0.2) is 0 Å². The molecule has 1 aliphatic carbocycles. The number of likely N-dealkylation sites (tertiary alicyclic amines) is 1.